The fraction of sp³-hybridized carbons (Fsp3) is 0.947. The van der Waals surface area contributed by atoms with E-state index in [1.165, 1.54) is 38.9 Å². The summed E-state index contributed by atoms with van der Waals surface area (Å²) in [7, 11) is 1.77. The molecule has 2 heterocycles. The molecular formula is C19H38N4O. The highest BCUT2D eigenvalue weighted by atomic mass is 16.2. The van der Waals surface area contributed by atoms with Crippen LogP contribution in [0.5, 0.6) is 0 Å². The minimum absolute atomic E-state index is 0.0459. The van der Waals surface area contributed by atoms with Gasteiger partial charge in [0.2, 0.25) is 5.91 Å². The third-order valence-corrected chi connectivity index (χ3v) is 5.91. The standard InChI is InChI=1S/C19H38N4O/c1-5-10-22-11-8-17(9-12-22)23-14-16(21-15(6-2)7-3)13-18(23)19(24)20-4/h15-18,21H,5-14H2,1-4H3,(H,20,24)/t16-,18+/m1/s1. The van der Waals surface area contributed by atoms with Gasteiger partial charge < -0.3 is 15.5 Å². The summed E-state index contributed by atoms with van der Waals surface area (Å²) in [4.78, 5) is 17.5. The molecule has 0 saturated carbocycles. The molecule has 0 aromatic heterocycles. The molecule has 2 N–H and O–H groups in total. The highest BCUT2D eigenvalue weighted by Crippen LogP contribution is 2.27. The number of carbonyl (C=O) groups excluding carboxylic acids is 1. The normalized spacial score (nSPS) is 27.0. The second-order valence-electron chi connectivity index (χ2n) is 7.51. The Bertz CT molecular complexity index is 378. The van der Waals surface area contributed by atoms with E-state index in [1.54, 1.807) is 7.05 Å². The van der Waals surface area contributed by atoms with Gasteiger partial charge in [0.25, 0.3) is 0 Å². The second-order valence-corrected chi connectivity index (χ2v) is 7.51. The smallest absolute Gasteiger partial charge is 0.237 e. The SMILES string of the molecule is CCCN1CCC(N2C[C@H](NC(CC)CC)C[C@H]2C(=O)NC)CC1. The Morgan fingerprint density at radius 1 is 1.17 bits per heavy atom. The third kappa shape index (κ3) is 4.93. The minimum atomic E-state index is 0.0459. The van der Waals surface area contributed by atoms with Crippen molar-refractivity contribution in [1.29, 1.82) is 0 Å². The van der Waals surface area contributed by atoms with Crippen molar-refractivity contribution in [2.45, 2.75) is 83.5 Å². The van der Waals surface area contributed by atoms with Crippen LogP contribution < -0.4 is 10.6 Å². The first-order valence-electron chi connectivity index (χ1n) is 10.1. The Morgan fingerprint density at radius 3 is 2.38 bits per heavy atom. The minimum Gasteiger partial charge on any atom is -0.358 e. The molecule has 0 spiro atoms. The molecule has 2 fully saturated rings. The lowest BCUT2D eigenvalue weighted by Crippen LogP contribution is -2.51. The molecule has 140 valence electrons. The van der Waals surface area contributed by atoms with Crippen molar-refractivity contribution in [2.24, 2.45) is 0 Å². The molecule has 2 atom stereocenters. The maximum absolute atomic E-state index is 12.4. The van der Waals surface area contributed by atoms with Crippen LogP contribution >= 0.6 is 0 Å². The van der Waals surface area contributed by atoms with E-state index < -0.39 is 0 Å². The number of nitrogens with zero attached hydrogens (tertiary/aromatic N) is 2. The van der Waals surface area contributed by atoms with Gasteiger partial charge in [-0.05, 0) is 58.2 Å². The molecule has 24 heavy (non-hydrogen) atoms. The zero-order valence-corrected chi connectivity index (χ0v) is 16.2. The van der Waals surface area contributed by atoms with Crippen molar-refractivity contribution < 1.29 is 4.79 Å². The number of likely N-dealkylation sites (N-methyl/N-ethyl adjacent to an activating group) is 1. The van der Waals surface area contributed by atoms with E-state index in [4.69, 9.17) is 0 Å². The quantitative estimate of drug-likeness (QED) is 0.709. The molecule has 2 saturated heterocycles. The maximum Gasteiger partial charge on any atom is 0.237 e. The monoisotopic (exact) mass is 338 g/mol. The summed E-state index contributed by atoms with van der Waals surface area (Å²) < 4.78 is 0. The number of carbonyl (C=O) groups is 1. The molecule has 0 radical (unpaired) electrons. The first-order valence-corrected chi connectivity index (χ1v) is 10.1. The molecular weight excluding hydrogens is 300 g/mol. The molecule has 0 unspecified atom stereocenters. The molecule has 0 aromatic carbocycles. The van der Waals surface area contributed by atoms with Crippen LogP contribution in [0, 0.1) is 0 Å². The van der Waals surface area contributed by atoms with Gasteiger partial charge in [-0.1, -0.05) is 20.8 Å². The molecule has 2 aliphatic rings. The van der Waals surface area contributed by atoms with E-state index in [-0.39, 0.29) is 11.9 Å². The van der Waals surface area contributed by atoms with Crippen LogP contribution in [0.3, 0.4) is 0 Å². The second kappa shape index (κ2) is 9.73. The zero-order chi connectivity index (χ0) is 17.5. The van der Waals surface area contributed by atoms with Gasteiger partial charge in [-0.25, -0.2) is 0 Å². The molecule has 2 rings (SSSR count). The summed E-state index contributed by atoms with van der Waals surface area (Å²) in [5.41, 5.74) is 0. The van der Waals surface area contributed by atoms with Crippen molar-refractivity contribution in [3.63, 3.8) is 0 Å². The average molecular weight is 339 g/mol. The summed E-state index contributed by atoms with van der Waals surface area (Å²) in [5, 5.41) is 6.68. The van der Waals surface area contributed by atoms with Gasteiger partial charge in [-0.2, -0.15) is 0 Å². The molecule has 5 nitrogen and oxygen atoms in total. The largest absolute Gasteiger partial charge is 0.358 e. The predicted molar refractivity (Wildman–Crippen MR) is 100 cm³/mol. The van der Waals surface area contributed by atoms with Gasteiger partial charge in [0, 0.05) is 31.7 Å². The first kappa shape index (κ1) is 19.7. The van der Waals surface area contributed by atoms with Crippen LogP contribution in [0.15, 0.2) is 0 Å². The van der Waals surface area contributed by atoms with Crippen molar-refractivity contribution in [1.82, 2.24) is 20.4 Å². The van der Waals surface area contributed by atoms with E-state index in [0.29, 0.717) is 18.1 Å². The number of piperidine rings is 1. The number of hydrogen-bond acceptors (Lipinski definition) is 4. The van der Waals surface area contributed by atoms with Crippen LogP contribution in [0.4, 0.5) is 0 Å². The fourth-order valence-corrected chi connectivity index (χ4v) is 4.46. The van der Waals surface area contributed by atoms with Crippen LogP contribution in [-0.4, -0.2) is 73.1 Å². The molecule has 2 aliphatic heterocycles. The van der Waals surface area contributed by atoms with Gasteiger partial charge in [0.05, 0.1) is 6.04 Å². The predicted octanol–water partition coefficient (Wildman–Crippen LogP) is 1.83. The third-order valence-electron chi connectivity index (χ3n) is 5.91. The molecule has 5 heteroatoms. The van der Waals surface area contributed by atoms with E-state index in [9.17, 15) is 4.79 Å². The van der Waals surface area contributed by atoms with E-state index >= 15 is 0 Å². The number of hydrogen-bond donors (Lipinski definition) is 2. The molecule has 0 aliphatic carbocycles. The average Bonchev–Trinajstić information content (AvgIpc) is 3.03. The van der Waals surface area contributed by atoms with Gasteiger partial charge in [0.15, 0.2) is 0 Å². The summed E-state index contributed by atoms with van der Waals surface area (Å²) in [5.74, 6) is 0.194. The van der Waals surface area contributed by atoms with Crippen molar-refractivity contribution in [3.8, 4) is 0 Å². The van der Waals surface area contributed by atoms with Crippen molar-refractivity contribution in [2.75, 3.05) is 33.2 Å². The van der Waals surface area contributed by atoms with Crippen LogP contribution in [-0.2, 0) is 4.79 Å². The number of amides is 1. The summed E-state index contributed by atoms with van der Waals surface area (Å²) in [6.07, 6.45) is 6.90. The van der Waals surface area contributed by atoms with Gasteiger partial charge in [0.1, 0.15) is 0 Å². The zero-order valence-electron chi connectivity index (χ0n) is 16.2. The Balaban J connectivity index is 1.96. The number of rotatable bonds is 8. The van der Waals surface area contributed by atoms with E-state index in [1.807, 2.05) is 0 Å². The summed E-state index contributed by atoms with van der Waals surface area (Å²) in [6.45, 7) is 11.3. The van der Waals surface area contributed by atoms with Gasteiger partial charge >= 0.3 is 0 Å². The lowest BCUT2D eigenvalue weighted by molar-refractivity contribution is -0.126. The number of nitrogens with one attached hydrogen (secondary N) is 2. The maximum atomic E-state index is 12.4. The molecule has 0 aromatic rings. The Hall–Kier alpha value is -0.650. The number of likely N-dealkylation sites (tertiary alicyclic amines) is 2. The lowest BCUT2D eigenvalue weighted by atomic mass is 10.0. The van der Waals surface area contributed by atoms with E-state index in [2.05, 4.69) is 41.2 Å². The van der Waals surface area contributed by atoms with Crippen LogP contribution in [0.2, 0.25) is 0 Å². The Labute approximate surface area is 148 Å². The topological polar surface area (TPSA) is 47.6 Å². The molecule has 0 bridgehead atoms. The molecule has 1 amide bonds. The fourth-order valence-electron chi connectivity index (χ4n) is 4.46. The summed E-state index contributed by atoms with van der Waals surface area (Å²) in [6, 6.07) is 1.64. The van der Waals surface area contributed by atoms with Crippen LogP contribution in [0.25, 0.3) is 0 Å². The highest BCUT2D eigenvalue weighted by Gasteiger charge is 2.41. The summed E-state index contributed by atoms with van der Waals surface area (Å²) >= 11 is 0. The Morgan fingerprint density at radius 2 is 1.83 bits per heavy atom. The van der Waals surface area contributed by atoms with Crippen molar-refractivity contribution >= 4 is 5.91 Å². The van der Waals surface area contributed by atoms with E-state index in [0.717, 1.165) is 25.8 Å². The van der Waals surface area contributed by atoms with Gasteiger partial charge in [-0.15, -0.1) is 0 Å². The van der Waals surface area contributed by atoms with Crippen molar-refractivity contribution in [3.05, 3.63) is 0 Å². The van der Waals surface area contributed by atoms with Gasteiger partial charge in [-0.3, -0.25) is 9.69 Å². The lowest BCUT2D eigenvalue weighted by Gasteiger charge is -2.38. The highest BCUT2D eigenvalue weighted by molar-refractivity contribution is 5.82. The van der Waals surface area contributed by atoms with Crippen LogP contribution in [0.1, 0.15) is 59.3 Å². The first-order chi connectivity index (χ1) is 11.6. The Kier molecular flexibility index (Phi) is 7.98.